The molecule has 0 aliphatic carbocycles. The second kappa shape index (κ2) is 6.50. The zero-order valence-corrected chi connectivity index (χ0v) is 11.1. The largest absolute Gasteiger partial charge is 0.478 e. The number of carboxylic acids is 1. The number of nitro groups is 1. The van der Waals surface area contributed by atoms with E-state index in [9.17, 15) is 19.7 Å². The number of nitrogens with zero attached hydrogens (tertiary/aromatic N) is 2. The van der Waals surface area contributed by atoms with Crippen LogP contribution in [-0.4, -0.2) is 40.0 Å². The highest BCUT2D eigenvalue weighted by molar-refractivity contribution is 6.00. The number of carbonyl (C=O) groups excluding carboxylic acids is 1. The number of carbonyl (C=O) groups is 2. The van der Waals surface area contributed by atoms with Gasteiger partial charge in [-0.25, -0.2) is 9.59 Å². The number of benzene rings is 1. The van der Waals surface area contributed by atoms with E-state index in [2.05, 4.69) is 5.32 Å². The van der Waals surface area contributed by atoms with Gasteiger partial charge in [-0.15, -0.1) is 0 Å². The zero-order chi connectivity index (χ0) is 15.3. The van der Waals surface area contributed by atoms with Crippen LogP contribution in [-0.2, 0) is 0 Å². The SMILES string of the molecule is CCN(CC)C(=O)Nc1ccc([N+](=O)[O-])cc1C(=O)O. The maximum Gasteiger partial charge on any atom is 0.338 e. The van der Waals surface area contributed by atoms with Gasteiger partial charge < -0.3 is 15.3 Å². The molecular formula is C12H15N3O5. The molecule has 0 radical (unpaired) electrons. The quantitative estimate of drug-likeness (QED) is 0.634. The molecule has 0 aliphatic rings. The summed E-state index contributed by atoms with van der Waals surface area (Å²) in [5.74, 6) is -1.34. The normalized spacial score (nSPS) is 9.90. The molecule has 1 aromatic carbocycles. The van der Waals surface area contributed by atoms with Crippen molar-refractivity contribution in [3.8, 4) is 0 Å². The number of carboxylic acid groups (broad SMARTS) is 1. The fraction of sp³-hybridized carbons (Fsp3) is 0.333. The van der Waals surface area contributed by atoms with E-state index in [0.717, 1.165) is 12.1 Å². The lowest BCUT2D eigenvalue weighted by Gasteiger charge is -2.19. The van der Waals surface area contributed by atoms with E-state index in [1.807, 2.05) is 0 Å². The van der Waals surface area contributed by atoms with Crippen LogP contribution in [0.15, 0.2) is 18.2 Å². The van der Waals surface area contributed by atoms with Gasteiger partial charge in [0.1, 0.15) is 0 Å². The van der Waals surface area contributed by atoms with Gasteiger partial charge in [-0.2, -0.15) is 0 Å². The molecule has 0 heterocycles. The van der Waals surface area contributed by atoms with Crippen molar-refractivity contribution in [1.82, 2.24) is 4.90 Å². The Kier molecular flexibility index (Phi) is 5.01. The summed E-state index contributed by atoms with van der Waals surface area (Å²) >= 11 is 0. The number of hydrogen-bond acceptors (Lipinski definition) is 4. The Balaban J connectivity index is 3.09. The third-order valence-corrected chi connectivity index (χ3v) is 2.74. The van der Waals surface area contributed by atoms with Gasteiger partial charge in [0.15, 0.2) is 0 Å². The Morgan fingerprint density at radius 1 is 1.35 bits per heavy atom. The lowest BCUT2D eigenvalue weighted by molar-refractivity contribution is -0.384. The van der Waals surface area contributed by atoms with E-state index >= 15 is 0 Å². The van der Waals surface area contributed by atoms with E-state index in [0.29, 0.717) is 13.1 Å². The summed E-state index contributed by atoms with van der Waals surface area (Å²) in [5, 5.41) is 22.1. The summed E-state index contributed by atoms with van der Waals surface area (Å²) in [6, 6.07) is 2.82. The molecule has 0 unspecified atom stereocenters. The van der Waals surface area contributed by atoms with Crippen LogP contribution in [0.2, 0.25) is 0 Å². The van der Waals surface area contributed by atoms with Crippen molar-refractivity contribution in [2.75, 3.05) is 18.4 Å². The van der Waals surface area contributed by atoms with Crippen molar-refractivity contribution in [2.24, 2.45) is 0 Å². The number of hydrogen-bond donors (Lipinski definition) is 2. The molecule has 108 valence electrons. The minimum absolute atomic E-state index is 0.0278. The Labute approximate surface area is 115 Å². The number of nitrogens with one attached hydrogen (secondary N) is 1. The standard InChI is InChI=1S/C12H15N3O5/c1-3-14(4-2)12(18)13-10-6-5-8(15(19)20)7-9(10)11(16)17/h5-7H,3-4H2,1-2H3,(H,13,18)(H,16,17). The van der Waals surface area contributed by atoms with Gasteiger partial charge in [-0.1, -0.05) is 0 Å². The summed E-state index contributed by atoms with van der Waals surface area (Å²) < 4.78 is 0. The van der Waals surface area contributed by atoms with Crippen molar-refractivity contribution in [3.05, 3.63) is 33.9 Å². The third-order valence-electron chi connectivity index (χ3n) is 2.74. The Bertz CT molecular complexity index is 540. The molecular weight excluding hydrogens is 266 g/mol. The van der Waals surface area contributed by atoms with Gasteiger partial charge in [0, 0.05) is 25.2 Å². The summed E-state index contributed by atoms with van der Waals surface area (Å²) in [4.78, 5) is 34.4. The lowest BCUT2D eigenvalue weighted by Crippen LogP contribution is -2.34. The molecule has 20 heavy (non-hydrogen) atoms. The summed E-state index contributed by atoms with van der Waals surface area (Å²) in [7, 11) is 0. The van der Waals surface area contributed by atoms with Crippen molar-refractivity contribution in [3.63, 3.8) is 0 Å². The summed E-state index contributed by atoms with van der Waals surface area (Å²) in [6.45, 7) is 4.52. The second-order valence-corrected chi connectivity index (χ2v) is 3.89. The third kappa shape index (κ3) is 3.44. The first kappa shape index (κ1) is 15.4. The van der Waals surface area contributed by atoms with Gasteiger partial charge in [0.25, 0.3) is 5.69 Å². The Morgan fingerprint density at radius 3 is 2.40 bits per heavy atom. The highest BCUT2D eigenvalue weighted by Crippen LogP contribution is 2.22. The number of urea groups is 1. The number of aromatic carboxylic acids is 1. The predicted octanol–water partition coefficient (Wildman–Crippen LogP) is 2.17. The molecule has 0 fully saturated rings. The fourth-order valence-electron chi connectivity index (χ4n) is 1.64. The molecule has 0 spiro atoms. The van der Waals surface area contributed by atoms with E-state index in [-0.39, 0.29) is 16.9 Å². The monoisotopic (exact) mass is 281 g/mol. The molecule has 8 nitrogen and oxygen atoms in total. The van der Waals surface area contributed by atoms with Crippen LogP contribution in [0.4, 0.5) is 16.2 Å². The molecule has 0 saturated heterocycles. The molecule has 0 bridgehead atoms. The average Bonchev–Trinajstić information content (AvgIpc) is 2.39. The van der Waals surface area contributed by atoms with Crippen molar-refractivity contribution >= 4 is 23.4 Å². The van der Waals surface area contributed by atoms with Crippen molar-refractivity contribution in [2.45, 2.75) is 13.8 Å². The van der Waals surface area contributed by atoms with Crippen LogP contribution >= 0.6 is 0 Å². The fourth-order valence-corrected chi connectivity index (χ4v) is 1.64. The topological polar surface area (TPSA) is 113 Å². The van der Waals surface area contributed by atoms with E-state index in [1.165, 1.54) is 11.0 Å². The number of anilines is 1. The van der Waals surface area contributed by atoms with Gasteiger partial charge in [0.05, 0.1) is 16.2 Å². The molecule has 2 amide bonds. The molecule has 1 aromatic rings. The molecule has 8 heteroatoms. The van der Waals surface area contributed by atoms with Gasteiger partial charge in [0.2, 0.25) is 0 Å². The number of rotatable bonds is 5. The van der Waals surface area contributed by atoms with E-state index in [4.69, 9.17) is 5.11 Å². The molecule has 0 atom stereocenters. The maximum absolute atomic E-state index is 11.9. The van der Waals surface area contributed by atoms with Crippen LogP contribution in [0.5, 0.6) is 0 Å². The highest BCUT2D eigenvalue weighted by atomic mass is 16.6. The van der Waals surface area contributed by atoms with Crippen molar-refractivity contribution in [1.29, 1.82) is 0 Å². The molecule has 1 rings (SSSR count). The second-order valence-electron chi connectivity index (χ2n) is 3.89. The molecule has 0 aromatic heterocycles. The van der Waals surface area contributed by atoms with E-state index < -0.39 is 16.9 Å². The van der Waals surface area contributed by atoms with Crippen molar-refractivity contribution < 1.29 is 19.6 Å². The number of amides is 2. The molecule has 2 N–H and O–H groups in total. The van der Waals surface area contributed by atoms with Gasteiger partial charge in [-0.05, 0) is 19.9 Å². The number of non-ortho nitro benzene ring substituents is 1. The first-order valence-corrected chi connectivity index (χ1v) is 5.98. The smallest absolute Gasteiger partial charge is 0.338 e. The van der Waals surface area contributed by atoms with Crippen LogP contribution in [0.25, 0.3) is 0 Å². The molecule has 0 saturated carbocycles. The lowest BCUT2D eigenvalue weighted by atomic mass is 10.1. The van der Waals surface area contributed by atoms with Crippen LogP contribution in [0.3, 0.4) is 0 Å². The Hall–Kier alpha value is -2.64. The zero-order valence-electron chi connectivity index (χ0n) is 11.1. The summed E-state index contributed by atoms with van der Waals surface area (Å²) in [6.07, 6.45) is 0. The summed E-state index contributed by atoms with van der Waals surface area (Å²) in [5.41, 5.74) is -0.636. The van der Waals surface area contributed by atoms with E-state index in [1.54, 1.807) is 13.8 Å². The minimum Gasteiger partial charge on any atom is -0.478 e. The first-order valence-electron chi connectivity index (χ1n) is 5.98. The maximum atomic E-state index is 11.9. The van der Waals surface area contributed by atoms with Gasteiger partial charge >= 0.3 is 12.0 Å². The minimum atomic E-state index is -1.34. The highest BCUT2D eigenvalue weighted by Gasteiger charge is 2.18. The van der Waals surface area contributed by atoms with Crippen LogP contribution in [0, 0.1) is 10.1 Å². The first-order chi connectivity index (χ1) is 9.40. The Morgan fingerprint density at radius 2 is 1.95 bits per heavy atom. The number of nitro benzene ring substituents is 1. The molecule has 0 aliphatic heterocycles. The van der Waals surface area contributed by atoms with Crippen LogP contribution in [0.1, 0.15) is 24.2 Å². The predicted molar refractivity (Wildman–Crippen MR) is 72.0 cm³/mol. The average molecular weight is 281 g/mol. The van der Waals surface area contributed by atoms with Gasteiger partial charge in [-0.3, -0.25) is 10.1 Å². The van der Waals surface area contributed by atoms with Crippen LogP contribution < -0.4 is 5.32 Å².